The summed E-state index contributed by atoms with van der Waals surface area (Å²) in [6.45, 7) is 1.78. The molecule has 0 aliphatic carbocycles. The first-order valence-corrected chi connectivity index (χ1v) is 9.11. The van der Waals surface area contributed by atoms with Crippen LogP contribution in [0.1, 0.15) is 16.7 Å². The SMILES string of the molecule is Cc1cc(OC(=O)C=Cc2ccccc2)ccc1OC(=O)C=Cc1ccccc1. The minimum atomic E-state index is -0.483. The largest absolute Gasteiger partial charge is 0.423 e. The highest BCUT2D eigenvalue weighted by Gasteiger charge is 2.08. The third-order valence-corrected chi connectivity index (χ3v) is 4.00. The molecule has 0 aliphatic rings. The lowest BCUT2D eigenvalue weighted by molar-refractivity contribution is -0.130. The maximum atomic E-state index is 12.0. The highest BCUT2D eigenvalue weighted by Crippen LogP contribution is 2.24. The normalized spacial score (nSPS) is 10.9. The van der Waals surface area contributed by atoms with Gasteiger partial charge in [0, 0.05) is 12.2 Å². The molecule has 0 heterocycles. The monoisotopic (exact) mass is 384 g/mol. The summed E-state index contributed by atoms with van der Waals surface area (Å²) in [6.07, 6.45) is 6.11. The van der Waals surface area contributed by atoms with E-state index in [1.54, 1.807) is 37.3 Å². The molecule has 0 atom stereocenters. The molecule has 3 aromatic carbocycles. The van der Waals surface area contributed by atoms with E-state index in [1.165, 1.54) is 12.2 Å². The molecule has 0 aromatic heterocycles. The van der Waals surface area contributed by atoms with Gasteiger partial charge in [0.2, 0.25) is 0 Å². The van der Waals surface area contributed by atoms with Crippen molar-refractivity contribution in [3.05, 3.63) is 108 Å². The molecule has 0 bridgehead atoms. The van der Waals surface area contributed by atoms with E-state index >= 15 is 0 Å². The Kier molecular flexibility index (Phi) is 6.74. The van der Waals surface area contributed by atoms with E-state index in [1.807, 2.05) is 60.7 Å². The summed E-state index contributed by atoms with van der Waals surface area (Å²) in [5, 5.41) is 0. The molecule has 0 N–H and O–H groups in total. The van der Waals surface area contributed by atoms with Gasteiger partial charge in [-0.2, -0.15) is 0 Å². The van der Waals surface area contributed by atoms with Gasteiger partial charge in [0.25, 0.3) is 0 Å². The Hall–Kier alpha value is -3.92. The Morgan fingerprint density at radius 3 is 1.72 bits per heavy atom. The molecular formula is C25H20O4. The molecule has 4 heteroatoms. The summed E-state index contributed by atoms with van der Waals surface area (Å²) in [7, 11) is 0. The topological polar surface area (TPSA) is 52.6 Å². The van der Waals surface area contributed by atoms with Crippen molar-refractivity contribution in [2.75, 3.05) is 0 Å². The molecule has 29 heavy (non-hydrogen) atoms. The van der Waals surface area contributed by atoms with E-state index < -0.39 is 11.9 Å². The van der Waals surface area contributed by atoms with Crippen LogP contribution in [0.5, 0.6) is 11.5 Å². The molecular weight excluding hydrogens is 364 g/mol. The van der Waals surface area contributed by atoms with E-state index in [9.17, 15) is 9.59 Å². The van der Waals surface area contributed by atoms with Crippen LogP contribution in [-0.2, 0) is 9.59 Å². The number of esters is 2. The van der Waals surface area contributed by atoms with E-state index in [2.05, 4.69) is 0 Å². The van der Waals surface area contributed by atoms with Gasteiger partial charge in [-0.15, -0.1) is 0 Å². The summed E-state index contributed by atoms with van der Waals surface area (Å²) < 4.78 is 10.7. The lowest BCUT2D eigenvalue weighted by Gasteiger charge is -2.08. The molecule has 4 nitrogen and oxygen atoms in total. The van der Waals surface area contributed by atoms with Crippen LogP contribution in [-0.4, -0.2) is 11.9 Å². The Labute approximate surface area is 169 Å². The minimum absolute atomic E-state index is 0.379. The van der Waals surface area contributed by atoms with Gasteiger partial charge in [-0.3, -0.25) is 0 Å². The standard InChI is InChI=1S/C25H20O4/c1-19-18-22(28-24(26)16-12-20-8-4-2-5-9-20)14-15-23(19)29-25(27)17-13-21-10-6-3-7-11-21/h2-18H,1H3. The van der Waals surface area contributed by atoms with Crippen LogP contribution < -0.4 is 9.47 Å². The number of carbonyl (C=O) groups excluding carboxylic acids is 2. The van der Waals surface area contributed by atoms with Crippen molar-refractivity contribution in [3.8, 4) is 11.5 Å². The zero-order valence-corrected chi connectivity index (χ0v) is 15.9. The van der Waals surface area contributed by atoms with Crippen molar-refractivity contribution in [1.82, 2.24) is 0 Å². The molecule has 0 fully saturated rings. The van der Waals surface area contributed by atoms with Crippen LogP contribution >= 0.6 is 0 Å². The van der Waals surface area contributed by atoms with Gasteiger partial charge >= 0.3 is 11.9 Å². The molecule has 0 saturated carbocycles. The van der Waals surface area contributed by atoms with Gasteiger partial charge < -0.3 is 9.47 Å². The van der Waals surface area contributed by atoms with Crippen LogP contribution in [0.25, 0.3) is 12.2 Å². The van der Waals surface area contributed by atoms with Gasteiger partial charge in [0.15, 0.2) is 0 Å². The number of carbonyl (C=O) groups is 2. The highest BCUT2D eigenvalue weighted by molar-refractivity contribution is 5.89. The lowest BCUT2D eigenvalue weighted by atomic mass is 10.2. The Bertz CT molecular complexity index is 1030. The maximum Gasteiger partial charge on any atom is 0.336 e. The molecule has 0 radical (unpaired) electrons. The van der Waals surface area contributed by atoms with Crippen LogP contribution in [0.2, 0.25) is 0 Å². The Balaban J connectivity index is 1.58. The summed E-state index contributed by atoms with van der Waals surface area (Å²) in [5.41, 5.74) is 2.50. The van der Waals surface area contributed by atoms with Gasteiger partial charge in [0.1, 0.15) is 11.5 Å². The predicted octanol–water partition coefficient (Wildman–Crippen LogP) is 5.23. The first-order valence-electron chi connectivity index (χ1n) is 9.11. The van der Waals surface area contributed by atoms with Crippen molar-refractivity contribution in [1.29, 1.82) is 0 Å². The highest BCUT2D eigenvalue weighted by atomic mass is 16.5. The molecule has 0 unspecified atom stereocenters. The summed E-state index contributed by atoms with van der Waals surface area (Å²) >= 11 is 0. The van der Waals surface area contributed by atoms with E-state index in [-0.39, 0.29) is 0 Å². The Morgan fingerprint density at radius 2 is 1.21 bits per heavy atom. The van der Waals surface area contributed by atoms with Crippen molar-refractivity contribution in [2.45, 2.75) is 6.92 Å². The number of ether oxygens (including phenoxy) is 2. The molecule has 0 aliphatic heterocycles. The van der Waals surface area contributed by atoms with Crippen LogP contribution in [0, 0.1) is 6.92 Å². The fourth-order valence-corrected chi connectivity index (χ4v) is 2.55. The summed E-state index contributed by atoms with van der Waals surface area (Å²) in [4.78, 5) is 24.0. The third kappa shape index (κ3) is 6.33. The number of hydrogen-bond acceptors (Lipinski definition) is 4. The van der Waals surface area contributed by atoms with E-state index in [0.717, 1.165) is 11.1 Å². The molecule has 0 spiro atoms. The zero-order valence-electron chi connectivity index (χ0n) is 15.9. The lowest BCUT2D eigenvalue weighted by Crippen LogP contribution is -2.06. The molecule has 0 amide bonds. The number of rotatable bonds is 6. The van der Waals surface area contributed by atoms with Crippen molar-refractivity contribution in [3.63, 3.8) is 0 Å². The van der Waals surface area contributed by atoms with E-state index in [0.29, 0.717) is 17.1 Å². The zero-order chi connectivity index (χ0) is 20.5. The fourth-order valence-electron chi connectivity index (χ4n) is 2.55. The van der Waals surface area contributed by atoms with Gasteiger partial charge in [-0.05, 0) is 54.0 Å². The average molecular weight is 384 g/mol. The predicted molar refractivity (Wildman–Crippen MR) is 113 cm³/mol. The van der Waals surface area contributed by atoms with Crippen LogP contribution in [0.3, 0.4) is 0 Å². The second-order valence-electron chi connectivity index (χ2n) is 6.26. The van der Waals surface area contributed by atoms with Crippen LogP contribution in [0.15, 0.2) is 91.0 Å². The minimum Gasteiger partial charge on any atom is -0.423 e. The number of hydrogen-bond donors (Lipinski definition) is 0. The molecule has 3 aromatic rings. The van der Waals surface area contributed by atoms with Crippen LogP contribution in [0.4, 0.5) is 0 Å². The maximum absolute atomic E-state index is 12.0. The molecule has 144 valence electrons. The second-order valence-corrected chi connectivity index (χ2v) is 6.26. The first-order chi connectivity index (χ1) is 14.1. The van der Waals surface area contributed by atoms with Crippen molar-refractivity contribution < 1.29 is 19.1 Å². The number of benzene rings is 3. The smallest absolute Gasteiger partial charge is 0.336 e. The van der Waals surface area contributed by atoms with Crippen molar-refractivity contribution >= 4 is 24.1 Å². The molecule has 3 rings (SSSR count). The van der Waals surface area contributed by atoms with Gasteiger partial charge in [-0.25, -0.2) is 9.59 Å². The summed E-state index contributed by atoms with van der Waals surface area (Å²) in [6, 6.07) is 23.8. The van der Waals surface area contributed by atoms with Gasteiger partial charge in [-0.1, -0.05) is 60.7 Å². The number of aryl methyl sites for hydroxylation is 1. The second kappa shape index (κ2) is 9.85. The first kappa shape index (κ1) is 19.8. The van der Waals surface area contributed by atoms with E-state index in [4.69, 9.17) is 9.47 Å². The average Bonchev–Trinajstić information content (AvgIpc) is 2.74. The van der Waals surface area contributed by atoms with Gasteiger partial charge in [0.05, 0.1) is 0 Å². The fraction of sp³-hybridized carbons (Fsp3) is 0.0400. The third-order valence-electron chi connectivity index (χ3n) is 4.00. The molecule has 0 saturated heterocycles. The summed E-state index contributed by atoms with van der Waals surface area (Å²) in [5.74, 6) is -0.173. The van der Waals surface area contributed by atoms with Crippen molar-refractivity contribution in [2.24, 2.45) is 0 Å². The Morgan fingerprint density at radius 1 is 0.690 bits per heavy atom. The quantitative estimate of drug-likeness (QED) is 0.332.